The summed E-state index contributed by atoms with van der Waals surface area (Å²) in [7, 11) is 2.04. The molecule has 3 aromatic rings. The normalized spacial score (nSPS) is 20.3. The number of carbonyl (C=O) groups excluding carboxylic acids is 1. The van der Waals surface area contributed by atoms with E-state index in [4.69, 9.17) is 0 Å². The molecule has 1 saturated carbocycles. The Morgan fingerprint density at radius 2 is 2.00 bits per heavy atom. The maximum absolute atomic E-state index is 12.7. The largest absolute Gasteiger partial charge is 0.325 e. The highest BCUT2D eigenvalue weighted by Crippen LogP contribution is 2.38. The van der Waals surface area contributed by atoms with E-state index < -0.39 is 5.92 Å². The molecule has 0 bridgehead atoms. The predicted molar refractivity (Wildman–Crippen MR) is 103 cm³/mol. The molecule has 3 heterocycles. The van der Waals surface area contributed by atoms with Crippen molar-refractivity contribution in [3.63, 3.8) is 0 Å². The van der Waals surface area contributed by atoms with Gasteiger partial charge in [0.25, 0.3) is 0 Å². The quantitative estimate of drug-likeness (QED) is 0.717. The van der Waals surface area contributed by atoms with E-state index in [2.05, 4.69) is 26.4 Å². The molecule has 5 rings (SSSR count). The van der Waals surface area contributed by atoms with E-state index in [1.807, 2.05) is 30.9 Å². The number of carbonyl (C=O) groups is 1. The van der Waals surface area contributed by atoms with Crippen molar-refractivity contribution >= 4 is 35.9 Å². The van der Waals surface area contributed by atoms with Crippen molar-refractivity contribution in [2.75, 3.05) is 5.32 Å². The van der Waals surface area contributed by atoms with Gasteiger partial charge in [0, 0.05) is 5.69 Å². The Morgan fingerprint density at radius 1 is 1.15 bits per heavy atom. The molecule has 1 aliphatic heterocycles. The van der Waals surface area contributed by atoms with Crippen LogP contribution in [0, 0.1) is 0 Å². The van der Waals surface area contributed by atoms with Crippen LogP contribution in [-0.2, 0) is 4.79 Å². The number of rotatable bonds is 2. The molecule has 1 atom stereocenters. The average Bonchev–Trinajstić information content (AvgIpc) is 3.23. The first kappa shape index (κ1) is 15.6. The zero-order valence-corrected chi connectivity index (χ0v) is 14.8. The number of anilines is 1. The van der Waals surface area contributed by atoms with Gasteiger partial charge in [-0.1, -0.05) is 36.9 Å². The summed E-state index contributed by atoms with van der Waals surface area (Å²) >= 11 is 0. The molecule has 1 aliphatic carbocycles. The maximum atomic E-state index is 12.7. The molecule has 6 nitrogen and oxygen atoms in total. The number of benzene rings is 1. The lowest BCUT2D eigenvalue weighted by Gasteiger charge is -2.22. The summed E-state index contributed by atoms with van der Waals surface area (Å²) in [6.45, 7) is 0. The van der Waals surface area contributed by atoms with Gasteiger partial charge in [0.15, 0.2) is 5.65 Å². The summed E-state index contributed by atoms with van der Waals surface area (Å²) in [5.41, 5.74) is 4.58. The average molecular weight is 345 g/mol. The molecule has 2 aromatic heterocycles. The lowest BCUT2D eigenvalue weighted by atomic mass is 9.88. The molecule has 1 N–H and O–H groups in total. The van der Waals surface area contributed by atoms with Crippen LogP contribution in [0.3, 0.4) is 0 Å². The highest BCUT2D eigenvalue weighted by Gasteiger charge is 2.35. The Kier molecular flexibility index (Phi) is 3.55. The molecule has 0 spiro atoms. The number of hydrogen-bond acceptors (Lipinski definition) is 4. The predicted octanol–water partition coefficient (Wildman–Crippen LogP) is 1.67. The summed E-state index contributed by atoms with van der Waals surface area (Å²) in [5.74, 6) is -0.435. The SMILES string of the molecule is Bc1ccc2c(c1)C(c1ncnc3c1cnn3C1CCCCC1)C(=O)N2. The molecule has 2 aliphatic rings. The van der Waals surface area contributed by atoms with E-state index in [9.17, 15) is 4.79 Å². The Hall–Kier alpha value is -2.70. The molecule has 1 unspecified atom stereocenters. The first-order chi connectivity index (χ1) is 12.7. The van der Waals surface area contributed by atoms with Crippen molar-refractivity contribution in [2.24, 2.45) is 0 Å². The Morgan fingerprint density at radius 3 is 2.85 bits per heavy atom. The van der Waals surface area contributed by atoms with Gasteiger partial charge in [-0.25, -0.2) is 14.6 Å². The Labute approximate surface area is 152 Å². The highest BCUT2D eigenvalue weighted by atomic mass is 16.2. The molecule has 7 heteroatoms. The summed E-state index contributed by atoms with van der Waals surface area (Å²) in [5, 5.41) is 8.50. The number of hydrogen-bond donors (Lipinski definition) is 1. The van der Waals surface area contributed by atoms with E-state index in [0.717, 1.165) is 46.3 Å². The van der Waals surface area contributed by atoms with Gasteiger partial charge in [0.1, 0.15) is 20.1 Å². The third kappa shape index (κ3) is 2.34. The van der Waals surface area contributed by atoms with Crippen LogP contribution in [0.4, 0.5) is 5.69 Å². The van der Waals surface area contributed by atoms with Gasteiger partial charge in [0.2, 0.25) is 5.91 Å². The molecular formula is C19H20BN5O. The Balaban J connectivity index is 1.63. The summed E-state index contributed by atoms with van der Waals surface area (Å²) in [6, 6.07) is 6.44. The number of amides is 1. The second-order valence-corrected chi connectivity index (χ2v) is 7.39. The molecule has 26 heavy (non-hydrogen) atoms. The van der Waals surface area contributed by atoms with Crippen molar-refractivity contribution in [3.05, 3.63) is 42.0 Å². The fourth-order valence-electron chi connectivity index (χ4n) is 4.36. The van der Waals surface area contributed by atoms with Gasteiger partial charge in [0.05, 0.1) is 23.3 Å². The van der Waals surface area contributed by atoms with Gasteiger partial charge in [-0.15, -0.1) is 0 Å². The zero-order valence-electron chi connectivity index (χ0n) is 14.8. The minimum absolute atomic E-state index is 0.0315. The van der Waals surface area contributed by atoms with E-state index in [1.165, 1.54) is 19.3 Å². The first-order valence-corrected chi connectivity index (χ1v) is 9.32. The smallest absolute Gasteiger partial charge is 0.238 e. The highest BCUT2D eigenvalue weighted by molar-refractivity contribution is 6.32. The Bertz CT molecular complexity index is 1010. The van der Waals surface area contributed by atoms with Crippen LogP contribution in [0.25, 0.3) is 11.0 Å². The van der Waals surface area contributed by atoms with E-state index in [-0.39, 0.29) is 5.91 Å². The minimum Gasteiger partial charge on any atom is -0.325 e. The van der Waals surface area contributed by atoms with Crippen LogP contribution in [-0.4, -0.2) is 33.5 Å². The third-order valence-corrected chi connectivity index (χ3v) is 5.65. The van der Waals surface area contributed by atoms with Crippen LogP contribution in [0.2, 0.25) is 0 Å². The number of aromatic nitrogens is 4. The second kappa shape index (κ2) is 5.93. The van der Waals surface area contributed by atoms with Crippen molar-refractivity contribution in [1.82, 2.24) is 19.7 Å². The van der Waals surface area contributed by atoms with Crippen LogP contribution < -0.4 is 10.8 Å². The van der Waals surface area contributed by atoms with Gasteiger partial charge in [-0.2, -0.15) is 5.10 Å². The lowest BCUT2D eigenvalue weighted by Crippen LogP contribution is -2.16. The minimum atomic E-state index is -0.403. The van der Waals surface area contributed by atoms with E-state index in [1.54, 1.807) is 6.33 Å². The zero-order chi connectivity index (χ0) is 17.7. The molecule has 1 fully saturated rings. The van der Waals surface area contributed by atoms with Crippen LogP contribution in [0.5, 0.6) is 0 Å². The van der Waals surface area contributed by atoms with Gasteiger partial charge in [-0.05, 0) is 24.5 Å². The van der Waals surface area contributed by atoms with Gasteiger partial charge < -0.3 is 5.32 Å². The summed E-state index contributed by atoms with van der Waals surface area (Å²) in [6.07, 6.45) is 9.46. The van der Waals surface area contributed by atoms with Gasteiger partial charge >= 0.3 is 0 Å². The van der Waals surface area contributed by atoms with E-state index in [0.29, 0.717) is 6.04 Å². The summed E-state index contributed by atoms with van der Waals surface area (Å²) in [4.78, 5) is 21.7. The molecule has 1 amide bonds. The summed E-state index contributed by atoms with van der Waals surface area (Å²) < 4.78 is 2.05. The molecular weight excluding hydrogens is 325 g/mol. The second-order valence-electron chi connectivity index (χ2n) is 7.39. The molecule has 0 radical (unpaired) electrons. The topological polar surface area (TPSA) is 72.7 Å². The fourth-order valence-corrected chi connectivity index (χ4v) is 4.36. The first-order valence-electron chi connectivity index (χ1n) is 9.32. The third-order valence-electron chi connectivity index (χ3n) is 5.65. The molecule has 1 aromatic carbocycles. The van der Waals surface area contributed by atoms with Crippen LogP contribution >= 0.6 is 0 Å². The lowest BCUT2D eigenvalue weighted by molar-refractivity contribution is -0.116. The van der Waals surface area contributed by atoms with Crippen LogP contribution in [0.1, 0.15) is 55.3 Å². The monoisotopic (exact) mass is 345 g/mol. The molecule has 0 saturated heterocycles. The fraction of sp³-hybridized carbons (Fsp3) is 0.368. The van der Waals surface area contributed by atoms with E-state index >= 15 is 0 Å². The van der Waals surface area contributed by atoms with Crippen molar-refractivity contribution in [1.29, 1.82) is 0 Å². The van der Waals surface area contributed by atoms with Crippen molar-refractivity contribution in [3.8, 4) is 0 Å². The number of fused-ring (bicyclic) bond motifs is 2. The maximum Gasteiger partial charge on any atom is 0.238 e. The number of nitrogens with zero attached hydrogens (tertiary/aromatic N) is 4. The molecule has 130 valence electrons. The van der Waals surface area contributed by atoms with Crippen molar-refractivity contribution in [2.45, 2.75) is 44.1 Å². The standard InChI is InChI=1S/C19H20BN5O/c20-11-6-7-15-13(8-11)16(19(26)24-15)17-14-9-23-25(18(14)22-10-21-17)12-4-2-1-3-5-12/h6-10,12,16H,1-5,20H2,(H,24,26). The number of nitrogens with one attached hydrogen (secondary N) is 1. The van der Waals surface area contributed by atoms with Crippen LogP contribution in [0.15, 0.2) is 30.7 Å². The van der Waals surface area contributed by atoms with Crippen molar-refractivity contribution < 1.29 is 4.79 Å². The van der Waals surface area contributed by atoms with Gasteiger partial charge in [-0.3, -0.25) is 4.79 Å².